The zero-order chi connectivity index (χ0) is 33.3. The van der Waals surface area contributed by atoms with Crippen molar-refractivity contribution in [2.75, 3.05) is 4.90 Å². The van der Waals surface area contributed by atoms with Crippen LogP contribution in [0.25, 0.3) is 55.6 Å². The highest BCUT2D eigenvalue weighted by molar-refractivity contribution is 5.94. The van der Waals surface area contributed by atoms with Crippen LogP contribution in [0.4, 0.5) is 17.1 Å². The van der Waals surface area contributed by atoms with Gasteiger partial charge in [0.2, 0.25) is 0 Å². The normalized spacial score (nSPS) is 11.4. The van der Waals surface area contributed by atoms with Crippen LogP contribution in [0.5, 0.6) is 11.5 Å². The third-order valence-electron chi connectivity index (χ3n) is 9.48. The maximum Gasteiger partial charge on any atom is 0.137 e. The highest BCUT2D eigenvalue weighted by Crippen LogP contribution is 2.50. The molecule has 0 radical (unpaired) electrons. The number of anilines is 3. The van der Waals surface area contributed by atoms with E-state index in [1.54, 1.807) is 0 Å². The Labute approximate surface area is 293 Å². The van der Waals surface area contributed by atoms with Crippen molar-refractivity contribution < 1.29 is 4.74 Å². The molecule has 0 spiro atoms. The number of fused-ring (bicyclic) bond motifs is 5. The highest BCUT2D eigenvalue weighted by atomic mass is 16.5. The van der Waals surface area contributed by atoms with E-state index >= 15 is 0 Å². The molecule has 0 unspecified atom stereocenters. The van der Waals surface area contributed by atoms with Gasteiger partial charge in [-0.3, -0.25) is 0 Å². The molecule has 0 saturated heterocycles. The smallest absolute Gasteiger partial charge is 0.137 e. The molecular weight excluding hydrogens is 607 g/mol. The zero-order valence-electron chi connectivity index (χ0n) is 27.4. The topological polar surface area (TPSA) is 12.5 Å². The molecule has 1 aliphatic heterocycles. The molecule has 0 aromatic heterocycles. The number of hydrogen-bond donors (Lipinski definition) is 0. The number of nitrogens with zero attached hydrogens (tertiary/aromatic N) is 1. The van der Waals surface area contributed by atoms with Gasteiger partial charge >= 0.3 is 0 Å². The average molecular weight is 640 g/mol. The number of ether oxygens (including phenoxy) is 1. The number of hydrogen-bond acceptors (Lipinski definition) is 2. The lowest BCUT2D eigenvalue weighted by molar-refractivity contribution is 0.488. The second-order valence-electron chi connectivity index (χ2n) is 12.6. The molecule has 0 bridgehead atoms. The van der Waals surface area contributed by atoms with Gasteiger partial charge in [0, 0.05) is 34.3 Å². The van der Waals surface area contributed by atoms with Gasteiger partial charge in [0.25, 0.3) is 0 Å². The van der Waals surface area contributed by atoms with Crippen LogP contribution in [0.2, 0.25) is 0 Å². The molecule has 1 aliphatic rings. The van der Waals surface area contributed by atoms with E-state index < -0.39 is 0 Å². The highest BCUT2D eigenvalue weighted by Gasteiger charge is 2.23. The summed E-state index contributed by atoms with van der Waals surface area (Å²) < 4.78 is 6.84. The Hall–Kier alpha value is -6.64. The van der Waals surface area contributed by atoms with Gasteiger partial charge < -0.3 is 9.64 Å². The Bertz CT molecular complexity index is 2430. The summed E-state index contributed by atoms with van der Waals surface area (Å²) in [5, 5.41) is 0. The van der Waals surface area contributed by atoms with E-state index in [2.05, 4.69) is 199 Å². The minimum atomic E-state index is 0.825. The predicted octanol–water partition coefficient (Wildman–Crippen LogP) is 13.6. The molecule has 0 saturated carbocycles. The summed E-state index contributed by atoms with van der Waals surface area (Å²) in [7, 11) is 0. The molecule has 0 N–H and O–H groups in total. The van der Waals surface area contributed by atoms with E-state index in [4.69, 9.17) is 4.74 Å². The Morgan fingerprint density at radius 1 is 0.260 bits per heavy atom. The third-order valence-corrected chi connectivity index (χ3v) is 9.48. The first-order valence-corrected chi connectivity index (χ1v) is 17.0. The molecule has 2 nitrogen and oxygen atoms in total. The van der Waals surface area contributed by atoms with Crippen molar-refractivity contribution >= 4 is 17.1 Å². The fourth-order valence-electron chi connectivity index (χ4n) is 7.00. The fourth-order valence-corrected chi connectivity index (χ4v) is 7.00. The van der Waals surface area contributed by atoms with E-state index in [0.29, 0.717) is 0 Å². The van der Waals surface area contributed by atoms with Crippen LogP contribution in [-0.4, -0.2) is 0 Å². The lowest BCUT2D eigenvalue weighted by atomic mass is 9.91. The van der Waals surface area contributed by atoms with E-state index in [1.807, 2.05) is 6.07 Å². The molecule has 0 fully saturated rings. The van der Waals surface area contributed by atoms with Gasteiger partial charge in [-0.05, 0) is 93.0 Å². The Balaban J connectivity index is 1.19. The average Bonchev–Trinajstić information content (AvgIpc) is 3.33. The van der Waals surface area contributed by atoms with Gasteiger partial charge in [0.1, 0.15) is 11.5 Å². The van der Waals surface area contributed by atoms with Gasteiger partial charge in [0.05, 0.1) is 0 Å². The molecule has 1 heterocycles. The van der Waals surface area contributed by atoms with E-state index in [0.717, 1.165) is 56.4 Å². The Kier molecular flexibility index (Phi) is 7.53. The SMILES string of the molecule is c1ccc(-c2ccc(N(c3cccc(-c4ccccc4)c3)c3ccc4c(c3)Oc3ccccc3-c3cc(-c5ccccc5)ccc3-4)cc2)cc1. The minimum absolute atomic E-state index is 0.825. The Morgan fingerprint density at radius 3 is 1.44 bits per heavy atom. The molecule has 0 amide bonds. The van der Waals surface area contributed by atoms with Crippen molar-refractivity contribution in [3.63, 3.8) is 0 Å². The van der Waals surface area contributed by atoms with Crippen LogP contribution in [0.1, 0.15) is 0 Å². The number of para-hydroxylation sites is 1. The summed E-state index contributed by atoms with van der Waals surface area (Å²) in [5.74, 6) is 1.67. The Morgan fingerprint density at radius 2 is 0.740 bits per heavy atom. The van der Waals surface area contributed by atoms with Gasteiger partial charge in [-0.1, -0.05) is 146 Å². The molecule has 2 heteroatoms. The maximum absolute atomic E-state index is 6.84. The van der Waals surface area contributed by atoms with E-state index in [9.17, 15) is 0 Å². The molecular formula is C48H33NO. The van der Waals surface area contributed by atoms with Crippen LogP contribution < -0.4 is 9.64 Å². The molecule has 0 atom stereocenters. The van der Waals surface area contributed by atoms with Crippen LogP contribution in [0, 0.1) is 0 Å². The molecule has 9 rings (SSSR count). The fraction of sp³-hybridized carbons (Fsp3) is 0. The summed E-state index contributed by atoms with van der Waals surface area (Å²) >= 11 is 0. The monoisotopic (exact) mass is 639 g/mol. The largest absolute Gasteiger partial charge is 0.456 e. The van der Waals surface area contributed by atoms with Crippen molar-refractivity contribution in [1.29, 1.82) is 0 Å². The summed E-state index contributed by atoms with van der Waals surface area (Å²) in [6.45, 7) is 0. The van der Waals surface area contributed by atoms with Gasteiger partial charge in [0.15, 0.2) is 0 Å². The summed E-state index contributed by atoms with van der Waals surface area (Å²) in [6.07, 6.45) is 0. The number of benzene rings is 8. The van der Waals surface area contributed by atoms with Crippen LogP contribution >= 0.6 is 0 Å². The first-order chi connectivity index (χ1) is 24.8. The first-order valence-electron chi connectivity index (χ1n) is 17.0. The van der Waals surface area contributed by atoms with Crippen LogP contribution in [0.3, 0.4) is 0 Å². The predicted molar refractivity (Wildman–Crippen MR) is 208 cm³/mol. The number of rotatable bonds is 6. The summed E-state index contributed by atoms with van der Waals surface area (Å²) in [6, 6.07) is 70.9. The third kappa shape index (κ3) is 5.53. The molecule has 0 aliphatic carbocycles. The van der Waals surface area contributed by atoms with Crippen molar-refractivity contribution in [2.24, 2.45) is 0 Å². The first kappa shape index (κ1) is 29.5. The molecule has 50 heavy (non-hydrogen) atoms. The van der Waals surface area contributed by atoms with Gasteiger partial charge in [-0.2, -0.15) is 0 Å². The van der Waals surface area contributed by atoms with Gasteiger partial charge in [-0.25, -0.2) is 0 Å². The molecule has 236 valence electrons. The van der Waals surface area contributed by atoms with E-state index in [1.165, 1.54) is 27.8 Å². The molecule has 8 aromatic rings. The van der Waals surface area contributed by atoms with Crippen molar-refractivity contribution in [1.82, 2.24) is 0 Å². The summed E-state index contributed by atoms with van der Waals surface area (Å²) in [4.78, 5) is 2.32. The minimum Gasteiger partial charge on any atom is -0.456 e. The van der Waals surface area contributed by atoms with E-state index in [-0.39, 0.29) is 0 Å². The summed E-state index contributed by atoms with van der Waals surface area (Å²) in [5.41, 5.74) is 14.7. The maximum atomic E-state index is 6.84. The standard InChI is InChI=1S/C48H33NO/c1-4-13-34(14-5-1)37-23-26-40(27-24-37)49(41-20-12-19-38(31-41)35-15-6-2-7-16-35)42-28-30-45-43-29-25-39(36-17-8-3-9-18-36)32-46(43)44-21-10-11-22-47(44)50-48(45)33-42/h1-33H. The zero-order valence-corrected chi connectivity index (χ0v) is 27.4. The lowest BCUT2D eigenvalue weighted by Gasteiger charge is -2.27. The van der Waals surface area contributed by atoms with Crippen LogP contribution in [0.15, 0.2) is 200 Å². The van der Waals surface area contributed by atoms with Crippen molar-refractivity contribution in [3.05, 3.63) is 200 Å². The second-order valence-corrected chi connectivity index (χ2v) is 12.6. The lowest BCUT2D eigenvalue weighted by Crippen LogP contribution is -2.10. The van der Waals surface area contributed by atoms with Crippen LogP contribution in [-0.2, 0) is 0 Å². The van der Waals surface area contributed by atoms with Gasteiger partial charge in [-0.15, -0.1) is 0 Å². The quantitative estimate of drug-likeness (QED) is 0.179. The second kappa shape index (κ2) is 12.8. The van der Waals surface area contributed by atoms with Crippen molar-refractivity contribution in [3.8, 4) is 67.1 Å². The van der Waals surface area contributed by atoms with Crippen molar-refractivity contribution in [2.45, 2.75) is 0 Å². The molecule has 8 aromatic carbocycles.